The molecule has 2 atom stereocenters. The number of likely N-dealkylation sites (tertiary alicyclic amines) is 1. The van der Waals surface area contributed by atoms with E-state index in [1.165, 1.54) is 12.0 Å². The van der Waals surface area contributed by atoms with E-state index in [0.29, 0.717) is 6.04 Å². The molecule has 0 aromatic carbocycles. The Morgan fingerprint density at radius 1 is 1.60 bits per heavy atom. The molecule has 0 aliphatic carbocycles. The van der Waals surface area contributed by atoms with Gasteiger partial charge in [0.1, 0.15) is 0 Å². The summed E-state index contributed by atoms with van der Waals surface area (Å²) in [6, 6.07) is 0.546. The Morgan fingerprint density at radius 3 is 3.00 bits per heavy atom. The minimum absolute atomic E-state index is 0.546. The molecule has 1 aromatic heterocycles. The predicted octanol–water partition coefficient (Wildman–Crippen LogP) is 0.589. The number of nitrogens with zero attached hydrogens (tertiary/aromatic N) is 3. The van der Waals surface area contributed by atoms with E-state index < -0.39 is 0 Å². The number of aryl methyl sites for hydroxylation is 1. The molecule has 0 amide bonds. The first-order valence-corrected chi connectivity index (χ1v) is 5.62. The second-order valence-corrected chi connectivity index (χ2v) is 4.56. The average molecular weight is 208 g/mol. The van der Waals surface area contributed by atoms with E-state index in [4.69, 9.17) is 5.73 Å². The molecule has 0 saturated carbocycles. The van der Waals surface area contributed by atoms with Crippen molar-refractivity contribution in [2.45, 2.75) is 25.9 Å². The van der Waals surface area contributed by atoms with Gasteiger partial charge in [-0.2, -0.15) is 5.10 Å². The van der Waals surface area contributed by atoms with E-state index >= 15 is 0 Å². The third-order valence-corrected chi connectivity index (χ3v) is 3.38. The molecule has 1 aliphatic rings. The van der Waals surface area contributed by atoms with Crippen LogP contribution in [0.3, 0.4) is 0 Å². The zero-order valence-corrected chi connectivity index (χ0v) is 9.56. The van der Waals surface area contributed by atoms with Crippen LogP contribution in [0.5, 0.6) is 0 Å². The largest absolute Gasteiger partial charge is 0.329 e. The third-order valence-electron chi connectivity index (χ3n) is 3.38. The van der Waals surface area contributed by atoms with Crippen molar-refractivity contribution < 1.29 is 0 Å². The first kappa shape index (κ1) is 10.6. The molecule has 0 bridgehead atoms. The zero-order chi connectivity index (χ0) is 10.8. The highest BCUT2D eigenvalue weighted by Crippen LogP contribution is 2.24. The lowest BCUT2D eigenvalue weighted by Gasteiger charge is -2.24. The van der Waals surface area contributed by atoms with Gasteiger partial charge in [-0.15, -0.1) is 0 Å². The van der Waals surface area contributed by atoms with E-state index in [0.717, 1.165) is 25.6 Å². The molecule has 2 heterocycles. The topological polar surface area (TPSA) is 47.1 Å². The average Bonchev–Trinajstić information content (AvgIpc) is 2.75. The summed E-state index contributed by atoms with van der Waals surface area (Å²) in [4.78, 5) is 2.47. The zero-order valence-electron chi connectivity index (χ0n) is 9.56. The summed E-state index contributed by atoms with van der Waals surface area (Å²) >= 11 is 0. The van der Waals surface area contributed by atoms with E-state index in [-0.39, 0.29) is 0 Å². The normalized spacial score (nSPS) is 27.4. The van der Waals surface area contributed by atoms with Crippen LogP contribution in [0.25, 0.3) is 0 Å². The summed E-state index contributed by atoms with van der Waals surface area (Å²) in [5.74, 6) is 0.728. The highest BCUT2D eigenvalue weighted by molar-refractivity contribution is 5.04. The lowest BCUT2D eigenvalue weighted by atomic mass is 10.0. The summed E-state index contributed by atoms with van der Waals surface area (Å²) in [6.07, 6.45) is 5.29. The van der Waals surface area contributed by atoms with Crippen LogP contribution in [0.2, 0.25) is 0 Å². The molecule has 1 aromatic rings. The summed E-state index contributed by atoms with van der Waals surface area (Å²) in [6.45, 7) is 5.21. The van der Waals surface area contributed by atoms with Crippen LogP contribution in [0.4, 0.5) is 0 Å². The molecule has 15 heavy (non-hydrogen) atoms. The maximum atomic E-state index is 5.81. The maximum absolute atomic E-state index is 5.81. The Labute approximate surface area is 91.1 Å². The third kappa shape index (κ3) is 2.21. The van der Waals surface area contributed by atoms with Crippen molar-refractivity contribution in [2.75, 3.05) is 13.1 Å². The Morgan fingerprint density at radius 2 is 2.40 bits per heavy atom. The Hall–Kier alpha value is -0.870. The molecule has 2 rings (SSSR count). The molecule has 1 aliphatic heterocycles. The number of nitrogens with two attached hydrogens (primary N) is 1. The maximum Gasteiger partial charge on any atom is 0.0534 e. The van der Waals surface area contributed by atoms with Gasteiger partial charge in [0.05, 0.1) is 6.20 Å². The number of aromatic nitrogens is 2. The van der Waals surface area contributed by atoms with Crippen molar-refractivity contribution in [3.8, 4) is 0 Å². The van der Waals surface area contributed by atoms with Gasteiger partial charge in [-0.1, -0.05) is 6.92 Å². The van der Waals surface area contributed by atoms with Gasteiger partial charge in [-0.05, 0) is 18.9 Å². The molecule has 1 fully saturated rings. The molecule has 1 saturated heterocycles. The SMILES string of the molecule is CC1CCN(Cc2cnn(C)c2)C1CN. The predicted molar refractivity (Wildman–Crippen MR) is 60.2 cm³/mol. The Bertz CT molecular complexity index is 320. The molecule has 2 N–H and O–H groups in total. The van der Waals surface area contributed by atoms with Crippen molar-refractivity contribution in [3.63, 3.8) is 0 Å². The Kier molecular flexibility index (Phi) is 3.07. The number of hydrogen-bond acceptors (Lipinski definition) is 3. The number of hydrogen-bond donors (Lipinski definition) is 1. The van der Waals surface area contributed by atoms with Gasteiger partial charge in [0.25, 0.3) is 0 Å². The monoisotopic (exact) mass is 208 g/mol. The highest BCUT2D eigenvalue weighted by Gasteiger charge is 2.29. The minimum Gasteiger partial charge on any atom is -0.329 e. The fraction of sp³-hybridized carbons (Fsp3) is 0.727. The second kappa shape index (κ2) is 4.33. The van der Waals surface area contributed by atoms with Crippen LogP contribution >= 0.6 is 0 Å². The van der Waals surface area contributed by atoms with Crippen molar-refractivity contribution >= 4 is 0 Å². The van der Waals surface area contributed by atoms with Crippen molar-refractivity contribution in [3.05, 3.63) is 18.0 Å². The highest BCUT2D eigenvalue weighted by atomic mass is 15.3. The minimum atomic E-state index is 0.546. The van der Waals surface area contributed by atoms with Gasteiger partial charge in [0, 0.05) is 37.9 Å². The summed E-state index contributed by atoms with van der Waals surface area (Å²) < 4.78 is 1.85. The standard InChI is InChI=1S/C11H20N4/c1-9-3-4-15(11(9)5-12)8-10-6-13-14(2)7-10/h6-7,9,11H,3-5,8,12H2,1-2H3. The number of rotatable bonds is 3. The van der Waals surface area contributed by atoms with Crippen LogP contribution in [0.1, 0.15) is 18.9 Å². The molecule has 2 unspecified atom stereocenters. The molecule has 4 heteroatoms. The Balaban J connectivity index is 2.00. The van der Waals surface area contributed by atoms with Crippen LogP contribution in [-0.4, -0.2) is 33.8 Å². The van der Waals surface area contributed by atoms with Gasteiger partial charge in [0.2, 0.25) is 0 Å². The van der Waals surface area contributed by atoms with Gasteiger partial charge < -0.3 is 5.73 Å². The molecule has 0 spiro atoms. The first-order valence-electron chi connectivity index (χ1n) is 5.62. The van der Waals surface area contributed by atoms with Crippen LogP contribution in [-0.2, 0) is 13.6 Å². The molecule has 4 nitrogen and oxygen atoms in total. The summed E-state index contributed by atoms with van der Waals surface area (Å²) in [7, 11) is 1.95. The lowest BCUT2D eigenvalue weighted by Crippen LogP contribution is -2.37. The van der Waals surface area contributed by atoms with E-state index in [1.54, 1.807) is 0 Å². The van der Waals surface area contributed by atoms with E-state index in [1.807, 2.05) is 17.9 Å². The van der Waals surface area contributed by atoms with Gasteiger partial charge >= 0.3 is 0 Å². The van der Waals surface area contributed by atoms with Crippen molar-refractivity contribution in [1.29, 1.82) is 0 Å². The van der Waals surface area contributed by atoms with Crippen LogP contribution in [0, 0.1) is 5.92 Å². The first-order chi connectivity index (χ1) is 7.20. The summed E-state index contributed by atoms with van der Waals surface area (Å²) in [5.41, 5.74) is 7.09. The smallest absolute Gasteiger partial charge is 0.0534 e. The van der Waals surface area contributed by atoms with Crippen LogP contribution in [0.15, 0.2) is 12.4 Å². The fourth-order valence-electron chi connectivity index (χ4n) is 2.45. The van der Waals surface area contributed by atoms with Crippen molar-refractivity contribution in [2.24, 2.45) is 18.7 Å². The van der Waals surface area contributed by atoms with Crippen LogP contribution < -0.4 is 5.73 Å². The van der Waals surface area contributed by atoms with Gasteiger partial charge in [0.15, 0.2) is 0 Å². The molecular weight excluding hydrogens is 188 g/mol. The molecule has 0 radical (unpaired) electrons. The second-order valence-electron chi connectivity index (χ2n) is 4.56. The van der Waals surface area contributed by atoms with Gasteiger partial charge in [-0.25, -0.2) is 0 Å². The summed E-state index contributed by atoms with van der Waals surface area (Å²) in [5, 5.41) is 4.19. The van der Waals surface area contributed by atoms with Gasteiger partial charge in [-0.3, -0.25) is 9.58 Å². The van der Waals surface area contributed by atoms with Crippen molar-refractivity contribution in [1.82, 2.24) is 14.7 Å². The van der Waals surface area contributed by atoms with E-state index in [9.17, 15) is 0 Å². The quantitative estimate of drug-likeness (QED) is 0.791. The lowest BCUT2D eigenvalue weighted by molar-refractivity contribution is 0.228. The molecular formula is C11H20N4. The fourth-order valence-corrected chi connectivity index (χ4v) is 2.45. The molecule has 84 valence electrons. The van der Waals surface area contributed by atoms with E-state index in [2.05, 4.69) is 23.1 Å².